The number of rotatable bonds is 6. The second-order valence-corrected chi connectivity index (χ2v) is 28.3. The first-order valence-corrected chi connectivity index (χ1v) is 30.7. The molecule has 15 rings (SSSR count). The summed E-state index contributed by atoms with van der Waals surface area (Å²) in [6.07, 6.45) is 0. The SMILES string of the molecule is CC(C)(C)c1ccc(N(c2ccc(C(C)(C)C)cc2)c2ccc3c(c2)N(c2ccc(C(C)(C)C)cc2)c2cccc4c2B3c2cc(-n3c5ccccc5c5cc6ccccc6cc53)c3c(oc5ccccc53)c2N4c2ccc(C(C)(C)C)cc2)cc1. The second kappa shape index (κ2) is 19.1. The number of anilines is 9. The Kier molecular flexibility index (Phi) is 11.9. The summed E-state index contributed by atoms with van der Waals surface area (Å²) in [7, 11) is 0. The van der Waals surface area contributed by atoms with E-state index in [1.54, 1.807) is 0 Å². The van der Waals surface area contributed by atoms with Gasteiger partial charge in [0.05, 0.1) is 27.8 Å². The van der Waals surface area contributed by atoms with Gasteiger partial charge in [-0.05, 0) is 174 Å². The van der Waals surface area contributed by atoms with Crippen LogP contribution < -0.4 is 31.1 Å². The number of hydrogen-bond acceptors (Lipinski definition) is 4. The number of nitrogens with zero attached hydrogens (tertiary/aromatic N) is 4. The molecule has 5 nitrogen and oxygen atoms in total. The quantitative estimate of drug-likeness (QED) is 0.155. The zero-order chi connectivity index (χ0) is 59.3. The highest BCUT2D eigenvalue weighted by Gasteiger charge is 2.46. The van der Waals surface area contributed by atoms with Gasteiger partial charge in [-0.15, -0.1) is 0 Å². The standard InChI is InChI=1S/C80H73BN4O/c1-77(2,3)52-28-36-56(37-29-52)82(57-38-30-53(31-39-57)78(4,5)6)60-44-45-64-70(48-60)83(58-40-32-54(33-41-58)79(7,8)9)67-25-19-26-68-74(67)81(64)65-49-71(85-66-24-17-15-22-61(66)63-46-50-20-13-14-21-51(50)47-69(63)85)73-62-23-16-18-27-72(62)86-76(73)75(65)84(68)59-42-34-55(35-43-59)80(10,11)12/h13-49H,1-12H3. The first-order chi connectivity index (χ1) is 41.2. The molecule has 13 aromatic rings. The summed E-state index contributed by atoms with van der Waals surface area (Å²) in [5.41, 5.74) is 23.9. The lowest BCUT2D eigenvalue weighted by Gasteiger charge is -2.44. The minimum Gasteiger partial charge on any atom is -0.454 e. The van der Waals surface area contributed by atoms with Crippen LogP contribution in [0.3, 0.4) is 0 Å². The third-order valence-corrected chi connectivity index (χ3v) is 18.6. The van der Waals surface area contributed by atoms with Gasteiger partial charge in [0.25, 0.3) is 6.71 Å². The number of hydrogen-bond donors (Lipinski definition) is 0. The highest BCUT2D eigenvalue weighted by molar-refractivity contribution is 7.00. The first kappa shape index (κ1) is 53.5. The monoisotopic (exact) mass is 1120 g/mol. The van der Waals surface area contributed by atoms with Gasteiger partial charge in [0.15, 0.2) is 5.58 Å². The smallest absolute Gasteiger partial charge is 0.252 e. The molecule has 0 atom stereocenters. The predicted molar refractivity (Wildman–Crippen MR) is 369 cm³/mol. The summed E-state index contributed by atoms with van der Waals surface area (Å²) >= 11 is 0. The zero-order valence-corrected chi connectivity index (χ0v) is 51.6. The second-order valence-electron chi connectivity index (χ2n) is 28.3. The van der Waals surface area contributed by atoms with Crippen LogP contribution in [0.2, 0.25) is 0 Å². The Morgan fingerprint density at radius 3 is 1.43 bits per heavy atom. The maximum absolute atomic E-state index is 7.52. The summed E-state index contributed by atoms with van der Waals surface area (Å²) < 4.78 is 10.1. The van der Waals surface area contributed by atoms with Crippen molar-refractivity contribution in [1.29, 1.82) is 0 Å². The molecule has 11 aromatic carbocycles. The number of furan rings is 1. The largest absolute Gasteiger partial charge is 0.454 e. The van der Waals surface area contributed by atoms with E-state index in [1.165, 1.54) is 60.2 Å². The zero-order valence-electron chi connectivity index (χ0n) is 51.6. The molecule has 0 bridgehead atoms. The van der Waals surface area contributed by atoms with E-state index in [4.69, 9.17) is 4.42 Å². The van der Waals surface area contributed by atoms with E-state index in [9.17, 15) is 0 Å². The minimum absolute atomic E-state index is 0.00427. The van der Waals surface area contributed by atoms with Gasteiger partial charge < -0.3 is 23.7 Å². The van der Waals surface area contributed by atoms with Gasteiger partial charge >= 0.3 is 0 Å². The molecule has 86 heavy (non-hydrogen) atoms. The maximum atomic E-state index is 7.52. The van der Waals surface area contributed by atoms with Crippen molar-refractivity contribution in [1.82, 2.24) is 4.57 Å². The van der Waals surface area contributed by atoms with Crippen molar-refractivity contribution in [2.24, 2.45) is 0 Å². The fraction of sp³-hybridized carbons (Fsp3) is 0.200. The molecule has 6 heteroatoms. The molecule has 0 amide bonds. The van der Waals surface area contributed by atoms with Gasteiger partial charge in [0.2, 0.25) is 0 Å². The van der Waals surface area contributed by atoms with Crippen LogP contribution in [0.1, 0.15) is 105 Å². The molecule has 0 fully saturated rings. The third kappa shape index (κ3) is 8.50. The van der Waals surface area contributed by atoms with Crippen LogP contribution in [0, 0.1) is 0 Å². The van der Waals surface area contributed by atoms with Crippen LogP contribution in [0.15, 0.2) is 229 Å². The van der Waals surface area contributed by atoms with E-state index in [-0.39, 0.29) is 28.4 Å². The van der Waals surface area contributed by atoms with Crippen molar-refractivity contribution in [3.05, 3.63) is 247 Å². The Morgan fingerprint density at radius 1 is 0.360 bits per heavy atom. The lowest BCUT2D eigenvalue weighted by Crippen LogP contribution is -2.61. The van der Waals surface area contributed by atoms with Crippen LogP contribution in [-0.2, 0) is 21.7 Å². The van der Waals surface area contributed by atoms with Gasteiger partial charge in [-0.1, -0.05) is 204 Å². The molecule has 2 aliphatic heterocycles. The van der Waals surface area contributed by atoms with Crippen molar-refractivity contribution < 1.29 is 4.42 Å². The molecule has 0 saturated heterocycles. The van der Waals surface area contributed by atoms with Crippen LogP contribution in [-0.4, -0.2) is 11.3 Å². The van der Waals surface area contributed by atoms with E-state index in [0.29, 0.717) is 0 Å². The van der Waals surface area contributed by atoms with Crippen molar-refractivity contribution in [2.75, 3.05) is 14.7 Å². The molecule has 4 heterocycles. The Balaban J connectivity index is 1.06. The molecule has 0 saturated carbocycles. The molecular weight excluding hydrogens is 1040 g/mol. The van der Waals surface area contributed by atoms with Gasteiger partial charge in [0, 0.05) is 61.7 Å². The summed E-state index contributed by atoms with van der Waals surface area (Å²) in [6, 6.07) is 85.0. The van der Waals surface area contributed by atoms with Crippen molar-refractivity contribution in [3.8, 4) is 5.69 Å². The topological polar surface area (TPSA) is 27.8 Å². The Morgan fingerprint density at radius 2 is 0.849 bits per heavy atom. The van der Waals surface area contributed by atoms with Gasteiger partial charge in [-0.3, -0.25) is 0 Å². The van der Waals surface area contributed by atoms with Crippen LogP contribution in [0.5, 0.6) is 0 Å². The first-order valence-electron chi connectivity index (χ1n) is 30.7. The van der Waals surface area contributed by atoms with Crippen LogP contribution >= 0.6 is 0 Å². The van der Waals surface area contributed by atoms with Crippen LogP contribution in [0.4, 0.5) is 51.2 Å². The van der Waals surface area contributed by atoms with E-state index in [2.05, 4.69) is 327 Å². The Bertz CT molecular complexity index is 4790. The molecule has 0 unspecified atom stereocenters. The molecule has 0 radical (unpaired) electrons. The van der Waals surface area contributed by atoms with E-state index < -0.39 is 0 Å². The van der Waals surface area contributed by atoms with E-state index in [0.717, 1.165) is 89.8 Å². The Labute approximate surface area is 506 Å². The molecule has 0 aliphatic carbocycles. The van der Waals surface area contributed by atoms with Gasteiger partial charge in [-0.2, -0.15) is 0 Å². The maximum Gasteiger partial charge on any atom is 0.252 e. The average Bonchev–Trinajstić information content (AvgIpc) is 1.16. The highest BCUT2D eigenvalue weighted by atomic mass is 16.3. The molecule has 2 aromatic heterocycles. The molecular formula is C80H73BN4O. The van der Waals surface area contributed by atoms with Crippen molar-refractivity contribution in [3.63, 3.8) is 0 Å². The summed E-state index contributed by atoms with van der Waals surface area (Å²) in [6.45, 7) is 27.3. The third-order valence-electron chi connectivity index (χ3n) is 18.6. The van der Waals surface area contributed by atoms with Gasteiger partial charge in [0.1, 0.15) is 5.58 Å². The summed E-state index contributed by atoms with van der Waals surface area (Å²) in [5.74, 6) is 0. The number of para-hydroxylation sites is 2. The number of aromatic nitrogens is 1. The molecule has 2 aliphatic rings. The number of benzene rings is 11. The highest BCUT2D eigenvalue weighted by Crippen LogP contribution is 2.51. The van der Waals surface area contributed by atoms with Crippen LogP contribution in [0.25, 0.3) is 60.2 Å². The lowest BCUT2D eigenvalue weighted by atomic mass is 9.33. The normalized spacial score (nSPS) is 13.5. The molecule has 0 spiro atoms. The van der Waals surface area contributed by atoms with E-state index in [1.807, 2.05) is 0 Å². The van der Waals surface area contributed by atoms with Crippen molar-refractivity contribution >= 4 is 129 Å². The van der Waals surface area contributed by atoms with Crippen molar-refractivity contribution in [2.45, 2.75) is 105 Å². The fourth-order valence-electron chi connectivity index (χ4n) is 13.9. The number of fused-ring (bicyclic) bond motifs is 12. The average molecular weight is 1120 g/mol. The predicted octanol–water partition coefficient (Wildman–Crippen LogP) is 20.6. The summed E-state index contributed by atoms with van der Waals surface area (Å²) in [4.78, 5) is 7.52. The Hall–Kier alpha value is -9.26. The molecule has 0 N–H and O–H groups in total. The fourth-order valence-corrected chi connectivity index (χ4v) is 13.9. The van der Waals surface area contributed by atoms with E-state index >= 15 is 0 Å². The molecule has 422 valence electrons. The van der Waals surface area contributed by atoms with Gasteiger partial charge in [-0.25, -0.2) is 0 Å². The lowest BCUT2D eigenvalue weighted by molar-refractivity contribution is 0.590. The summed E-state index contributed by atoms with van der Waals surface area (Å²) in [5, 5.41) is 7.04. The minimum atomic E-state index is -0.216.